The average Bonchev–Trinajstić information content (AvgIpc) is 3.22. The zero-order valence-corrected chi connectivity index (χ0v) is 13.6. The van der Waals surface area contributed by atoms with Crippen LogP contribution in [0.15, 0.2) is 11.6 Å². The van der Waals surface area contributed by atoms with E-state index in [2.05, 4.69) is 14.8 Å². The predicted octanol–water partition coefficient (Wildman–Crippen LogP) is 1.60. The molecule has 2 aromatic rings. The summed E-state index contributed by atoms with van der Waals surface area (Å²) >= 11 is 1.43. The van der Waals surface area contributed by atoms with Gasteiger partial charge in [-0.2, -0.15) is 9.38 Å². The van der Waals surface area contributed by atoms with Crippen molar-refractivity contribution in [2.75, 3.05) is 44.3 Å². The highest BCUT2D eigenvalue weighted by Gasteiger charge is 2.35. The Labute approximate surface area is 137 Å². The van der Waals surface area contributed by atoms with Crippen LogP contribution in [0.1, 0.15) is 12.8 Å². The maximum Gasteiger partial charge on any atom is 0.373 e. The molecule has 23 heavy (non-hydrogen) atoms. The predicted molar refractivity (Wildman–Crippen MR) is 87.4 cm³/mol. The van der Waals surface area contributed by atoms with Gasteiger partial charge in [0.1, 0.15) is 6.20 Å². The molecule has 4 heterocycles. The van der Waals surface area contributed by atoms with Crippen molar-refractivity contribution in [2.45, 2.75) is 18.9 Å². The zero-order valence-electron chi connectivity index (χ0n) is 12.8. The molecule has 2 aliphatic rings. The first-order valence-electron chi connectivity index (χ1n) is 7.91. The molecule has 1 atom stereocenters. The molecule has 0 spiro atoms. The molecule has 0 bridgehead atoms. The highest BCUT2D eigenvalue weighted by Crippen LogP contribution is 2.35. The number of thiazole rings is 1. The average molecular weight is 337 g/mol. The summed E-state index contributed by atoms with van der Waals surface area (Å²) < 4.78 is 6.98. The number of imidazole rings is 1. The molecule has 0 amide bonds. The highest BCUT2D eigenvalue weighted by molar-refractivity contribution is 7.15. The molecule has 2 aliphatic heterocycles. The van der Waals surface area contributed by atoms with E-state index in [0.29, 0.717) is 10.8 Å². The molecule has 2 saturated heterocycles. The summed E-state index contributed by atoms with van der Waals surface area (Å²) in [6, 6.07) is 0.288. The number of fused-ring (bicyclic) bond motifs is 1. The van der Waals surface area contributed by atoms with Gasteiger partial charge >= 0.3 is 5.82 Å². The van der Waals surface area contributed by atoms with Gasteiger partial charge in [-0.25, -0.2) is 0 Å². The fraction of sp³-hybridized carbons (Fsp3) is 0.643. The van der Waals surface area contributed by atoms with Crippen LogP contribution in [0.5, 0.6) is 0 Å². The molecular formula is C14H19N5O3S. The van der Waals surface area contributed by atoms with Crippen LogP contribution >= 0.6 is 11.3 Å². The second-order valence-electron chi connectivity index (χ2n) is 5.97. The lowest BCUT2D eigenvalue weighted by atomic mass is 10.2. The van der Waals surface area contributed by atoms with Crippen molar-refractivity contribution in [1.82, 2.24) is 14.3 Å². The topological polar surface area (TPSA) is 76.2 Å². The quantitative estimate of drug-likeness (QED) is 0.623. The van der Waals surface area contributed by atoms with Gasteiger partial charge in [-0.05, 0) is 17.8 Å². The van der Waals surface area contributed by atoms with Crippen LogP contribution in [-0.4, -0.2) is 64.6 Å². The van der Waals surface area contributed by atoms with Gasteiger partial charge < -0.3 is 19.8 Å². The summed E-state index contributed by atoms with van der Waals surface area (Å²) in [4.78, 5) is 21.0. The third kappa shape index (κ3) is 2.68. The van der Waals surface area contributed by atoms with Crippen molar-refractivity contribution >= 4 is 27.9 Å². The minimum Gasteiger partial charge on any atom is -0.379 e. The largest absolute Gasteiger partial charge is 0.379 e. The fourth-order valence-corrected chi connectivity index (χ4v) is 4.22. The van der Waals surface area contributed by atoms with Crippen LogP contribution in [0.25, 0.3) is 4.96 Å². The Balaban J connectivity index is 1.61. The number of morpholine rings is 1. The normalized spacial score (nSPS) is 23.0. The van der Waals surface area contributed by atoms with Crippen molar-refractivity contribution in [3.8, 4) is 0 Å². The van der Waals surface area contributed by atoms with Gasteiger partial charge in [0, 0.05) is 37.6 Å². The van der Waals surface area contributed by atoms with Gasteiger partial charge in [-0.15, -0.1) is 0 Å². The smallest absolute Gasteiger partial charge is 0.373 e. The van der Waals surface area contributed by atoms with Crippen LogP contribution in [0.2, 0.25) is 0 Å². The van der Waals surface area contributed by atoms with E-state index < -0.39 is 0 Å². The third-order valence-corrected chi connectivity index (χ3v) is 5.37. The monoisotopic (exact) mass is 337 g/mol. The van der Waals surface area contributed by atoms with Gasteiger partial charge in [0.2, 0.25) is 5.82 Å². The van der Waals surface area contributed by atoms with Crippen molar-refractivity contribution in [3.63, 3.8) is 0 Å². The number of nitro groups is 1. The molecule has 0 radical (unpaired) electrons. The number of nitrogens with zero attached hydrogens (tertiary/aromatic N) is 5. The Bertz CT molecular complexity index is 708. The number of anilines is 1. The molecule has 124 valence electrons. The van der Waals surface area contributed by atoms with Crippen LogP contribution < -0.4 is 4.90 Å². The van der Waals surface area contributed by atoms with Crippen LogP contribution in [0.3, 0.4) is 0 Å². The van der Waals surface area contributed by atoms with E-state index in [1.165, 1.54) is 11.3 Å². The first-order valence-corrected chi connectivity index (χ1v) is 8.78. The molecule has 0 saturated carbocycles. The maximum absolute atomic E-state index is 11.5. The first kappa shape index (κ1) is 14.9. The summed E-state index contributed by atoms with van der Waals surface area (Å²) in [7, 11) is 0. The molecule has 2 aromatic heterocycles. The third-order valence-electron chi connectivity index (χ3n) is 4.61. The molecule has 2 fully saturated rings. The van der Waals surface area contributed by atoms with Crippen LogP contribution in [0, 0.1) is 10.1 Å². The fourth-order valence-electron chi connectivity index (χ4n) is 3.51. The molecule has 1 unspecified atom stereocenters. The summed E-state index contributed by atoms with van der Waals surface area (Å²) in [5.41, 5.74) is 0. The highest BCUT2D eigenvalue weighted by atomic mass is 32.1. The summed E-state index contributed by atoms with van der Waals surface area (Å²) in [5, 5.41) is 13.4. The van der Waals surface area contributed by atoms with E-state index in [4.69, 9.17) is 4.74 Å². The molecule has 8 nitrogen and oxygen atoms in total. The summed E-state index contributed by atoms with van der Waals surface area (Å²) in [6.07, 6.45) is 3.83. The van der Waals surface area contributed by atoms with E-state index in [1.807, 2.05) is 5.38 Å². The lowest BCUT2D eigenvalue weighted by Crippen LogP contribution is -2.45. The molecule has 0 aromatic carbocycles. The molecule has 0 aliphatic carbocycles. The van der Waals surface area contributed by atoms with E-state index in [9.17, 15) is 10.1 Å². The van der Waals surface area contributed by atoms with Gasteiger partial charge in [-0.1, -0.05) is 11.3 Å². The number of hydrogen-bond donors (Lipinski definition) is 0. The molecule has 0 N–H and O–H groups in total. The van der Waals surface area contributed by atoms with E-state index >= 15 is 0 Å². The maximum atomic E-state index is 11.5. The first-order chi connectivity index (χ1) is 11.2. The summed E-state index contributed by atoms with van der Waals surface area (Å²) in [6.45, 7) is 5.17. The Morgan fingerprint density at radius 3 is 3.00 bits per heavy atom. The van der Waals surface area contributed by atoms with E-state index in [1.54, 1.807) is 10.6 Å². The van der Waals surface area contributed by atoms with E-state index in [-0.39, 0.29) is 16.8 Å². The molecular weight excluding hydrogens is 318 g/mol. The van der Waals surface area contributed by atoms with Gasteiger partial charge in [-0.3, -0.25) is 4.90 Å². The van der Waals surface area contributed by atoms with Crippen molar-refractivity contribution in [2.24, 2.45) is 0 Å². The van der Waals surface area contributed by atoms with Gasteiger partial charge in [0.15, 0.2) is 0 Å². The minimum atomic E-state index is -0.313. The van der Waals surface area contributed by atoms with Crippen molar-refractivity contribution in [1.29, 1.82) is 0 Å². The Morgan fingerprint density at radius 2 is 2.22 bits per heavy atom. The number of rotatable bonds is 4. The lowest BCUT2D eigenvalue weighted by molar-refractivity contribution is -0.389. The lowest BCUT2D eigenvalue weighted by Gasteiger charge is -2.32. The standard InChI is InChI=1S/C14H19N5O3S/c20-19(21)13-12(15-14-18(13)6-9-23-14)17-3-1-2-11(17)10-16-4-7-22-8-5-16/h6,9,11H,1-5,7-8,10H2. The Morgan fingerprint density at radius 1 is 1.39 bits per heavy atom. The number of aromatic nitrogens is 2. The number of hydrogen-bond acceptors (Lipinski definition) is 7. The van der Waals surface area contributed by atoms with Crippen molar-refractivity contribution < 1.29 is 9.66 Å². The zero-order chi connectivity index (χ0) is 15.8. The second kappa shape index (κ2) is 6.06. The Kier molecular flexibility index (Phi) is 3.92. The molecule has 4 rings (SSSR count). The molecule has 9 heteroatoms. The van der Waals surface area contributed by atoms with E-state index in [0.717, 1.165) is 52.2 Å². The minimum absolute atomic E-state index is 0.0927. The van der Waals surface area contributed by atoms with Crippen LogP contribution in [0.4, 0.5) is 11.6 Å². The number of ether oxygens (including phenoxy) is 1. The SMILES string of the molecule is O=[N+]([O-])c1c(N2CCCC2CN2CCOCC2)nc2sccn12. The van der Waals surface area contributed by atoms with Crippen LogP contribution in [-0.2, 0) is 4.74 Å². The second-order valence-corrected chi connectivity index (χ2v) is 6.85. The van der Waals surface area contributed by atoms with Gasteiger partial charge in [0.25, 0.3) is 4.96 Å². The van der Waals surface area contributed by atoms with Gasteiger partial charge in [0.05, 0.1) is 13.2 Å². The summed E-state index contributed by atoms with van der Waals surface area (Å²) in [5.74, 6) is 0.618. The Hall–Kier alpha value is -1.71. The van der Waals surface area contributed by atoms with Crippen molar-refractivity contribution in [3.05, 3.63) is 21.7 Å².